The summed E-state index contributed by atoms with van der Waals surface area (Å²) in [6.45, 7) is 45.0. The molecule has 51 heavy (non-hydrogen) atoms. The van der Waals surface area contributed by atoms with Gasteiger partial charge < -0.3 is 8.85 Å². The zero-order valence-corrected chi connectivity index (χ0v) is 42.9. The van der Waals surface area contributed by atoms with Crippen LogP contribution in [0.2, 0.25) is 39.3 Å². The van der Waals surface area contributed by atoms with Crippen LogP contribution in [0.5, 0.6) is 0 Å². The van der Waals surface area contributed by atoms with Crippen LogP contribution in [-0.4, -0.2) is 53.4 Å². The van der Waals surface area contributed by atoms with Crippen molar-refractivity contribution in [2.75, 3.05) is 13.2 Å². The molecule has 2 fully saturated rings. The molecule has 0 amide bonds. The van der Waals surface area contributed by atoms with Gasteiger partial charge in [0.15, 0.2) is 16.6 Å². The van der Waals surface area contributed by atoms with Gasteiger partial charge in [0.1, 0.15) is 0 Å². The first-order chi connectivity index (χ1) is 23.0. The van der Waals surface area contributed by atoms with Gasteiger partial charge in [-0.15, -0.1) is 0 Å². The maximum absolute atomic E-state index is 6.44. The molecule has 0 aliphatic heterocycles. The molecule has 0 saturated heterocycles. The first-order valence-electron chi connectivity index (χ1n) is 20.3. The summed E-state index contributed by atoms with van der Waals surface area (Å²) >= 11 is 6.00. The maximum atomic E-state index is 6.44. The molecule has 4 atom stereocenters. The molecule has 0 aromatic carbocycles. The molecule has 2 rings (SSSR count). The molecule has 9 heteroatoms. The summed E-state index contributed by atoms with van der Waals surface area (Å²) in [5, 5.41) is 0. The van der Waals surface area contributed by atoms with E-state index >= 15 is 0 Å². The van der Waals surface area contributed by atoms with Gasteiger partial charge in [-0.1, -0.05) is 95.9 Å². The molecule has 2 aliphatic rings. The summed E-state index contributed by atoms with van der Waals surface area (Å²) in [5.74, 6) is 2.28. The zero-order chi connectivity index (χ0) is 39.6. The molecule has 0 bridgehead atoms. The van der Waals surface area contributed by atoms with Crippen molar-refractivity contribution in [1.82, 2.24) is 0 Å². The Bertz CT molecular complexity index is 947. The fraction of sp³-hybridized carbons (Fsp3) is 0.952. The number of hydrogen-bond donors (Lipinski definition) is 0. The van der Waals surface area contributed by atoms with Crippen LogP contribution in [0.25, 0.3) is 0 Å². The minimum atomic E-state index is -1.59. The van der Waals surface area contributed by atoms with Crippen molar-refractivity contribution in [1.29, 1.82) is 0 Å². The molecule has 0 spiro atoms. The van der Waals surface area contributed by atoms with E-state index in [9.17, 15) is 0 Å². The molecule has 4 unspecified atom stereocenters. The van der Waals surface area contributed by atoms with E-state index in [2.05, 4.69) is 151 Å². The Balaban J connectivity index is 0.00000418. The van der Waals surface area contributed by atoms with Gasteiger partial charge in [-0.2, -0.15) is 0 Å². The van der Waals surface area contributed by atoms with Gasteiger partial charge in [0, 0.05) is 13.2 Å². The summed E-state index contributed by atoms with van der Waals surface area (Å²) in [5.41, 5.74) is 3.44. The first kappa shape index (κ1) is 50.2. The summed E-state index contributed by atoms with van der Waals surface area (Å²) < 4.78 is 12.9. The summed E-state index contributed by atoms with van der Waals surface area (Å²) in [6.07, 6.45) is 11.6. The third-order valence-corrected chi connectivity index (χ3v) is 13.4. The van der Waals surface area contributed by atoms with Crippen LogP contribution in [-0.2, 0) is 19.7 Å². The normalized spacial score (nSPS) is 26.6. The molecule has 0 aromatic heterocycles. The topological polar surface area (TPSA) is 43.2 Å². The van der Waals surface area contributed by atoms with Crippen LogP contribution < -0.4 is 0 Å². The Kier molecular flexibility index (Phi) is 20.7. The molecule has 0 heterocycles. The van der Waals surface area contributed by atoms with E-state index in [0.717, 1.165) is 38.9 Å². The van der Waals surface area contributed by atoms with Gasteiger partial charge in [-0.05, 0) is 136 Å². The Labute approximate surface area is 341 Å². The van der Waals surface area contributed by atoms with Crippen LogP contribution in [0.15, 0.2) is 9.98 Å². The van der Waals surface area contributed by atoms with Crippen molar-refractivity contribution >= 4 is 56.5 Å². The van der Waals surface area contributed by atoms with E-state index in [1.54, 1.807) is 0 Å². The second-order valence-corrected chi connectivity index (χ2v) is 36.1. The number of halogens is 2. The minimum absolute atomic E-state index is 0.213. The van der Waals surface area contributed by atoms with Crippen molar-refractivity contribution in [3.05, 3.63) is 0 Å². The Morgan fingerprint density at radius 2 is 0.765 bits per heavy atom. The Morgan fingerprint density at radius 3 is 0.961 bits per heavy atom. The Morgan fingerprint density at radius 1 is 0.529 bits per heavy atom. The van der Waals surface area contributed by atoms with Crippen LogP contribution in [0, 0.1) is 45.3 Å². The number of hydrogen-bond acceptors (Lipinski definition) is 4. The monoisotopic (exact) mass is 920 g/mol. The van der Waals surface area contributed by atoms with Crippen LogP contribution in [0.1, 0.15) is 147 Å². The van der Waals surface area contributed by atoms with Crippen LogP contribution in [0.3, 0.4) is 0 Å². The van der Waals surface area contributed by atoms with Crippen molar-refractivity contribution in [3.8, 4) is 0 Å². The van der Waals surface area contributed by atoms with E-state index in [4.69, 9.17) is 18.8 Å². The molecule has 4 nitrogen and oxygen atoms in total. The van der Waals surface area contributed by atoms with Crippen molar-refractivity contribution in [2.24, 2.45) is 55.3 Å². The molecule has 306 valence electrons. The van der Waals surface area contributed by atoms with E-state index < -0.39 is 16.6 Å². The standard InChI is InChI=1S/C42H84N2O2Si2.2BrH.Ni/c1-39(2,3)31-23-19-24-32(40(4,5)6)37(31)43-35(27-21-29-45-47(13,14)15)36(28-22-30-46-48(16,17)18)44-38-33(41(7,8)9)25-20-26-34(38)42(10,11)12;;;/h31-34,37-38H,19-30H2,1-18H3;2*1H;/q;;;+2/p-2. The third-order valence-electron chi connectivity index (χ3n) is 11.3. The van der Waals surface area contributed by atoms with Gasteiger partial charge in [0.05, 0.1) is 23.5 Å². The average Bonchev–Trinajstić information content (AvgIpc) is 2.93. The van der Waals surface area contributed by atoms with Gasteiger partial charge in [0.25, 0.3) is 0 Å². The summed E-state index contributed by atoms with van der Waals surface area (Å²) in [6, 6.07) is 0.636. The zero-order valence-electron chi connectivity index (χ0n) is 36.7. The Hall–Kier alpha value is 1.15. The van der Waals surface area contributed by atoms with Crippen molar-refractivity contribution in [2.45, 2.75) is 199 Å². The molecule has 2 saturated carbocycles. The second kappa shape index (κ2) is 21.1. The predicted molar refractivity (Wildman–Crippen MR) is 237 cm³/mol. The van der Waals surface area contributed by atoms with Crippen LogP contribution in [0.4, 0.5) is 0 Å². The molecule has 2 aliphatic carbocycles. The van der Waals surface area contributed by atoms with E-state index in [1.165, 1.54) is 60.8 Å². The SMILES string of the molecule is CC(C)(C)C1CCCC(C(C)(C)C)C1N=C(CCCO[Si](C)(C)C)C(CCCO[Si](C)(C)C)=NC1C(C(C)(C)C)CCCC1C(C)(C)C.[Br][Ni][Br]. The van der Waals surface area contributed by atoms with Gasteiger partial charge in [0.2, 0.25) is 0 Å². The van der Waals surface area contributed by atoms with Gasteiger partial charge in [-0.25, -0.2) is 0 Å². The molecule has 0 radical (unpaired) electrons. The number of nitrogens with zero attached hydrogens (tertiary/aromatic N) is 2. The fourth-order valence-electron chi connectivity index (χ4n) is 8.66. The molecular formula is C42H84Br2N2NiO2Si2. The molecule has 0 N–H and O–H groups in total. The van der Waals surface area contributed by atoms with E-state index in [1.807, 2.05) is 0 Å². The first-order valence-corrected chi connectivity index (χ1v) is 32.0. The fourth-order valence-corrected chi connectivity index (χ4v) is 10.2. The molecule has 0 aromatic rings. The van der Waals surface area contributed by atoms with E-state index in [0.29, 0.717) is 35.8 Å². The number of aliphatic imine (C=N–C) groups is 2. The van der Waals surface area contributed by atoms with Gasteiger partial charge >= 0.3 is 39.3 Å². The summed E-state index contributed by atoms with van der Waals surface area (Å²) in [4.78, 5) is 12.1. The van der Waals surface area contributed by atoms with Crippen LogP contribution >= 0.6 is 28.5 Å². The average molecular weight is 924 g/mol. The van der Waals surface area contributed by atoms with Crippen molar-refractivity contribution < 1.29 is 19.7 Å². The van der Waals surface area contributed by atoms with Crippen molar-refractivity contribution in [3.63, 3.8) is 0 Å². The number of rotatable bonds is 13. The predicted octanol–water partition coefficient (Wildman–Crippen LogP) is 14.6. The van der Waals surface area contributed by atoms with Gasteiger partial charge in [-0.3, -0.25) is 9.98 Å². The quantitative estimate of drug-likeness (QED) is 0.105. The van der Waals surface area contributed by atoms with E-state index in [-0.39, 0.29) is 21.7 Å². The third kappa shape index (κ3) is 18.8. The summed E-state index contributed by atoms with van der Waals surface area (Å²) in [7, 11) is -1.94. The second-order valence-electron chi connectivity index (χ2n) is 22.1. The molecular weight excluding hydrogens is 839 g/mol.